The van der Waals surface area contributed by atoms with Crippen molar-refractivity contribution < 1.29 is 13.9 Å². The number of rotatable bonds is 6. The SMILES string of the molecule is CCOc1cccc(OCc2nnc(-c3ccccc3)o2)c1. The van der Waals surface area contributed by atoms with Crippen LogP contribution in [0.3, 0.4) is 0 Å². The molecule has 5 heteroatoms. The summed E-state index contributed by atoms with van der Waals surface area (Å²) in [5.41, 5.74) is 0.889. The molecule has 0 aliphatic heterocycles. The highest BCUT2D eigenvalue weighted by molar-refractivity contribution is 5.51. The minimum Gasteiger partial charge on any atom is -0.494 e. The summed E-state index contributed by atoms with van der Waals surface area (Å²) in [7, 11) is 0. The van der Waals surface area contributed by atoms with Gasteiger partial charge in [0.15, 0.2) is 6.61 Å². The van der Waals surface area contributed by atoms with Gasteiger partial charge in [0.2, 0.25) is 5.89 Å². The smallest absolute Gasteiger partial charge is 0.254 e. The summed E-state index contributed by atoms with van der Waals surface area (Å²) < 4.78 is 16.7. The molecule has 1 aromatic heterocycles. The molecule has 0 bridgehead atoms. The lowest BCUT2D eigenvalue weighted by Crippen LogP contribution is -1.97. The zero-order chi connectivity index (χ0) is 15.2. The first-order valence-corrected chi connectivity index (χ1v) is 7.08. The highest BCUT2D eigenvalue weighted by Crippen LogP contribution is 2.21. The molecule has 0 amide bonds. The zero-order valence-corrected chi connectivity index (χ0v) is 12.2. The molecule has 0 N–H and O–H groups in total. The molecular formula is C17H16N2O3. The van der Waals surface area contributed by atoms with Crippen molar-refractivity contribution in [3.63, 3.8) is 0 Å². The van der Waals surface area contributed by atoms with Crippen LogP contribution in [0.1, 0.15) is 12.8 Å². The normalized spacial score (nSPS) is 10.4. The van der Waals surface area contributed by atoms with Gasteiger partial charge < -0.3 is 13.9 Å². The topological polar surface area (TPSA) is 57.4 Å². The molecule has 0 saturated heterocycles. The molecular weight excluding hydrogens is 280 g/mol. The average molecular weight is 296 g/mol. The van der Waals surface area contributed by atoms with E-state index in [-0.39, 0.29) is 6.61 Å². The third kappa shape index (κ3) is 3.44. The average Bonchev–Trinajstić information content (AvgIpc) is 3.04. The van der Waals surface area contributed by atoms with Gasteiger partial charge in [-0.05, 0) is 31.2 Å². The number of aromatic nitrogens is 2. The zero-order valence-electron chi connectivity index (χ0n) is 12.2. The minimum absolute atomic E-state index is 0.218. The van der Waals surface area contributed by atoms with E-state index in [1.165, 1.54) is 0 Å². The molecule has 112 valence electrons. The summed E-state index contributed by atoms with van der Waals surface area (Å²) in [6.07, 6.45) is 0. The van der Waals surface area contributed by atoms with Crippen molar-refractivity contribution >= 4 is 0 Å². The van der Waals surface area contributed by atoms with Crippen LogP contribution in [0.15, 0.2) is 59.0 Å². The quantitative estimate of drug-likeness (QED) is 0.694. The third-order valence-corrected chi connectivity index (χ3v) is 2.97. The molecule has 0 unspecified atom stereocenters. The fraction of sp³-hybridized carbons (Fsp3) is 0.176. The number of nitrogens with zero attached hydrogens (tertiary/aromatic N) is 2. The fourth-order valence-electron chi connectivity index (χ4n) is 1.97. The summed E-state index contributed by atoms with van der Waals surface area (Å²) >= 11 is 0. The molecule has 0 fully saturated rings. The van der Waals surface area contributed by atoms with E-state index in [2.05, 4.69) is 10.2 Å². The van der Waals surface area contributed by atoms with Gasteiger partial charge in [-0.3, -0.25) is 0 Å². The molecule has 3 rings (SSSR count). The van der Waals surface area contributed by atoms with E-state index in [4.69, 9.17) is 13.9 Å². The number of hydrogen-bond donors (Lipinski definition) is 0. The number of benzene rings is 2. The molecule has 0 spiro atoms. The predicted molar refractivity (Wildman–Crippen MR) is 81.7 cm³/mol. The van der Waals surface area contributed by atoms with Gasteiger partial charge >= 0.3 is 0 Å². The standard InChI is InChI=1S/C17H16N2O3/c1-2-20-14-9-6-10-15(11-14)21-12-16-18-19-17(22-16)13-7-4-3-5-8-13/h3-11H,2,12H2,1H3. The second-order valence-corrected chi connectivity index (χ2v) is 4.56. The van der Waals surface area contributed by atoms with E-state index in [1.807, 2.05) is 61.5 Å². The molecule has 0 radical (unpaired) electrons. The first kappa shape index (κ1) is 14.1. The summed E-state index contributed by atoms with van der Waals surface area (Å²) in [6.45, 7) is 2.78. The van der Waals surface area contributed by atoms with Crippen LogP contribution in [0.2, 0.25) is 0 Å². The van der Waals surface area contributed by atoms with Gasteiger partial charge in [0.1, 0.15) is 11.5 Å². The molecule has 3 aromatic rings. The second-order valence-electron chi connectivity index (χ2n) is 4.56. The third-order valence-electron chi connectivity index (χ3n) is 2.97. The van der Waals surface area contributed by atoms with Crippen molar-refractivity contribution in [3.05, 3.63) is 60.5 Å². The Labute approximate surface area is 128 Å². The highest BCUT2D eigenvalue weighted by Gasteiger charge is 2.08. The van der Waals surface area contributed by atoms with Gasteiger partial charge in [0.05, 0.1) is 6.61 Å². The van der Waals surface area contributed by atoms with Crippen LogP contribution in [-0.2, 0) is 6.61 Å². The Hall–Kier alpha value is -2.82. The predicted octanol–water partition coefficient (Wildman–Crippen LogP) is 3.71. The number of hydrogen-bond acceptors (Lipinski definition) is 5. The van der Waals surface area contributed by atoms with Gasteiger partial charge in [0, 0.05) is 11.6 Å². The van der Waals surface area contributed by atoms with Crippen molar-refractivity contribution in [3.8, 4) is 23.0 Å². The second kappa shape index (κ2) is 6.76. The Morgan fingerprint density at radius 3 is 2.45 bits per heavy atom. The molecule has 0 saturated carbocycles. The van der Waals surface area contributed by atoms with E-state index in [0.717, 1.165) is 11.3 Å². The van der Waals surface area contributed by atoms with Crippen molar-refractivity contribution in [1.82, 2.24) is 10.2 Å². The van der Waals surface area contributed by atoms with E-state index in [9.17, 15) is 0 Å². The van der Waals surface area contributed by atoms with E-state index < -0.39 is 0 Å². The molecule has 0 atom stereocenters. The van der Waals surface area contributed by atoms with Gasteiger partial charge in [0.25, 0.3) is 5.89 Å². The molecule has 2 aromatic carbocycles. The Morgan fingerprint density at radius 2 is 1.68 bits per heavy atom. The minimum atomic E-state index is 0.218. The first-order chi connectivity index (χ1) is 10.8. The fourth-order valence-corrected chi connectivity index (χ4v) is 1.97. The van der Waals surface area contributed by atoms with Crippen molar-refractivity contribution in [2.75, 3.05) is 6.61 Å². The molecule has 0 aliphatic rings. The van der Waals surface area contributed by atoms with Gasteiger partial charge in [-0.1, -0.05) is 24.3 Å². The van der Waals surface area contributed by atoms with Crippen LogP contribution in [0.4, 0.5) is 0 Å². The summed E-state index contributed by atoms with van der Waals surface area (Å²) in [4.78, 5) is 0. The lowest BCUT2D eigenvalue weighted by Gasteiger charge is -2.06. The van der Waals surface area contributed by atoms with Crippen LogP contribution < -0.4 is 9.47 Å². The van der Waals surface area contributed by atoms with Crippen molar-refractivity contribution in [2.45, 2.75) is 13.5 Å². The Morgan fingerprint density at radius 1 is 0.909 bits per heavy atom. The maximum atomic E-state index is 5.65. The molecule has 0 aliphatic carbocycles. The van der Waals surface area contributed by atoms with E-state index in [1.54, 1.807) is 0 Å². The maximum absolute atomic E-state index is 5.65. The van der Waals surface area contributed by atoms with Crippen LogP contribution in [0.25, 0.3) is 11.5 Å². The Bertz CT molecular complexity index is 726. The lowest BCUT2D eigenvalue weighted by atomic mass is 10.2. The van der Waals surface area contributed by atoms with Gasteiger partial charge in [-0.2, -0.15) is 0 Å². The summed E-state index contributed by atoms with van der Waals surface area (Å²) in [5.74, 6) is 2.39. The van der Waals surface area contributed by atoms with Crippen LogP contribution in [0.5, 0.6) is 11.5 Å². The van der Waals surface area contributed by atoms with Gasteiger partial charge in [-0.25, -0.2) is 0 Å². The van der Waals surface area contributed by atoms with Crippen LogP contribution >= 0.6 is 0 Å². The Balaban J connectivity index is 1.65. The monoisotopic (exact) mass is 296 g/mol. The largest absolute Gasteiger partial charge is 0.494 e. The highest BCUT2D eigenvalue weighted by atomic mass is 16.5. The molecule has 5 nitrogen and oxygen atoms in total. The van der Waals surface area contributed by atoms with E-state index >= 15 is 0 Å². The van der Waals surface area contributed by atoms with Gasteiger partial charge in [-0.15, -0.1) is 10.2 Å². The van der Waals surface area contributed by atoms with Crippen LogP contribution in [0, 0.1) is 0 Å². The summed E-state index contributed by atoms with van der Waals surface area (Å²) in [5, 5.41) is 8.02. The van der Waals surface area contributed by atoms with Crippen LogP contribution in [-0.4, -0.2) is 16.8 Å². The summed E-state index contributed by atoms with van der Waals surface area (Å²) in [6, 6.07) is 17.1. The maximum Gasteiger partial charge on any atom is 0.254 e. The Kier molecular flexibility index (Phi) is 4.34. The lowest BCUT2D eigenvalue weighted by molar-refractivity contribution is 0.262. The van der Waals surface area contributed by atoms with Crippen molar-refractivity contribution in [1.29, 1.82) is 0 Å². The molecule has 1 heterocycles. The van der Waals surface area contributed by atoms with Crippen molar-refractivity contribution in [2.24, 2.45) is 0 Å². The molecule has 22 heavy (non-hydrogen) atoms. The first-order valence-electron chi connectivity index (χ1n) is 7.08. The number of ether oxygens (including phenoxy) is 2. The van der Waals surface area contributed by atoms with E-state index in [0.29, 0.717) is 24.1 Å².